The first kappa shape index (κ1) is 20.1. The number of sulfonamides is 1. The van der Waals surface area contributed by atoms with Crippen molar-refractivity contribution in [3.8, 4) is 6.07 Å². The molecular formula is C23H21N3O3S. The van der Waals surface area contributed by atoms with Gasteiger partial charge in [0.2, 0.25) is 15.9 Å². The van der Waals surface area contributed by atoms with Gasteiger partial charge in [-0.3, -0.25) is 4.79 Å². The van der Waals surface area contributed by atoms with Gasteiger partial charge in [-0.25, -0.2) is 8.42 Å². The Bertz CT molecular complexity index is 1250. The van der Waals surface area contributed by atoms with Crippen molar-refractivity contribution in [2.45, 2.75) is 17.7 Å². The number of piperidine rings is 1. The lowest BCUT2D eigenvalue weighted by atomic mass is 9.98. The maximum atomic E-state index is 13.2. The molecule has 1 aliphatic rings. The summed E-state index contributed by atoms with van der Waals surface area (Å²) in [6, 6.07) is 21.4. The zero-order valence-electron chi connectivity index (χ0n) is 16.3. The van der Waals surface area contributed by atoms with Crippen LogP contribution < -0.4 is 5.32 Å². The van der Waals surface area contributed by atoms with Crippen LogP contribution >= 0.6 is 0 Å². The number of carbonyl (C=O) groups is 1. The summed E-state index contributed by atoms with van der Waals surface area (Å²) in [5.74, 6) is -0.678. The zero-order chi connectivity index (χ0) is 21.1. The molecule has 3 aromatic carbocycles. The Labute approximate surface area is 175 Å². The van der Waals surface area contributed by atoms with Gasteiger partial charge in [-0.2, -0.15) is 9.57 Å². The van der Waals surface area contributed by atoms with Gasteiger partial charge in [-0.1, -0.05) is 36.4 Å². The summed E-state index contributed by atoms with van der Waals surface area (Å²) in [5, 5.41) is 13.7. The zero-order valence-corrected chi connectivity index (χ0v) is 17.1. The quantitative estimate of drug-likeness (QED) is 0.697. The molecule has 0 saturated carbocycles. The predicted molar refractivity (Wildman–Crippen MR) is 115 cm³/mol. The second-order valence-electron chi connectivity index (χ2n) is 7.39. The predicted octanol–water partition coefficient (Wildman–Crippen LogP) is 3.75. The number of carbonyl (C=O) groups excluding carboxylic acids is 1. The molecule has 0 aliphatic carbocycles. The highest BCUT2D eigenvalue weighted by Gasteiger charge is 2.33. The molecular weight excluding hydrogens is 398 g/mol. The molecule has 30 heavy (non-hydrogen) atoms. The second-order valence-corrected chi connectivity index (χ2v) is 9.33. The molecule has 1 fully saturated rings. The Morgan fingerprint density at radius 1 is 1.03 bits per heavy atom. The van der Waals surface area contributed by atoms with Crippen LogP contribution in [0, 0.1) is 17.2 Å². The molecule has 1 atom stereocenters. The van der Waals surface area contributed by atoms with Gasteiger partial charge in [0.25, 0.3) is 0 Å². The highest BCUT2D eigenvalue weighted by Crippen LogP contribution is 2.27. The van der Waals surface area contributed by atoms with Crippen LogP contribution in [-0.2, 0) is 14.8 Å². The Kier molecular flexibility index (Phi) is 5.53. The van der Waals surface area contributed by atoms with E-state index in [-0.39, 0.29) is 17.3 Å². The Morgan fingerprint density at radius 3 is 2.63 bits per heavy atom. The maximum absolute atomic E-state index is 13.2. The number of benzene rings is 3. The summed E-state index contributed by atoms with van der Waals surface area (Å²) >= 11 is 0. The van der Waals surface area contributed by atoms with Gasteiger partial charge in [-0.05, 0) is 53.9 Å². The van der Waals surface area contributed by atoms with Crippen molar-refractivity contribution >= 4 is 32.4 Å². The standard InChI is InChI=1S/C23H21N3O3S/c24-15-17-5-3-9-21(13-17)25-23(27)20-8-4-12-26(16-20)30(28,29)22-11-10-18-6-1-2-7-19(18)14-22/h1-3,5-7,9-11,13-14,20H,4,8,12,16H2,(H,25,27). The van der Waals surface area contributed by atoms with Gasteiger partial charge in [-0.15, -0.1) is 0 Å². The molecule has 1 saturated heterocycles. The highest BCUT2D eigenvalue weighted by molar-refractivity contribution is 7.89. The fourth-order valence-electron chi connectivity index (χ4n) is 3.76. The summed E-state index contributed by atoms with van der Waals surface area (Å²) < 4.78 is 27.8. The van der Waals surface area contributed by atoms with E-state index in [9.17, 15) is 13.2 Å². The number of nitrogens with zero attached hydrogens (tertiary/aromatic N) is 2. The van der Waals surface area contributed by atoms with E-state index >= 15 is 0 Å². The van der Waals surface area contributed by atoms with Crippen LogP contribution in [0.25, 0.3) is 10.8 Å². The fraction of sp³-hybridized carbons (Fsp3) is 0.217. The van der Waals surface area contributed by atoms with E-state index in [0.717, 1.165) is 10.8 Å². The molecule has 152 valence electrons. The van der Waals surface area contributed by atoms with Gasteiger partial charge in [0.1, 0.15) is 0 Å². The average Bonchev–Trinajstić information content (AvgIpc) is 2.79. The molecule has 1 unspecified atom stereocenters. The smallest absolute Gasteiger partial charge is 0.243 e. The van der Waals surface area contributed by atoms with E-state index in [1.807, 2.05) is 30.3 Å². The first-order chi connectivity index (χ1) is 14.5. The number of fused-ring (bicyclic) bond motifs is 1. The summed E-state index contributed by atoms with van der Waals surface area (Å²) in [4.78, 5) is 13.0. The largest absolute Gasteiger partial charge is 0.326 e. The van der Waals surface area contributed by atoms with Gasteiger partial charge >= 0.3 is 0 Å². The van der Waals surface area contributed by atoms with Crippen LogP contribution in [0.3, 0.4) is 0 Å². The van der Waals surface area contributed by atoms with E-state index in [1.54, 1.807) is 42.5 Å². The lowest BCUT2D eigenvalue weighted by Crippen LogP contribution is -2.43. The van der Waals surface area contributed by atoms with Crippen molar-refractivity contribution in [2.75, 3.05) is 18.4 Å². The van der Waals surface area contributed by atoms with Crippen LogP contribution in [0.1, 0.15) is 18.4 Å². The molecule has 0 bridgehead atoms. The van der Waals surface area contributed by atoms with Crippen LogP contribution in [0.2, 0.25) is 0 Å². The first-order valence-electron chi connectivity index (χ1n) is 9.77. The van der Waals surface area contributed by atoms with Gasteiger partial charge < -0.3 is 5.32 Å². The van der Waals surface area contributed by atoms with Gasteiger partial charge in [0.05, 0.1) is 22.4 Å². The van der Waals surface area contributed by atoms with Crippen LogP contribution in [0.5, 0.6) is 0 Å². The number of nitriles is 1. The van der Waals surface area contributed by atoms with Crippen molar-refractivity contribution < 1.29 is 13.2 Å². The Morgan fingerprint density at radius 2 is 1.83 bits per heavy atom. The maximum Gasteiger partial charge on any atom is 0.243 e. The minimum absolute atomic E-state index is 0.138. The van der Waals surface area contributed by atoms with E-state index in [0.29, 0.717) is 30.6 Å². The van der Waals surface area contributed by atoms with Crippen molar-refractivity contribution in [1.29, 1.82) is 5.26 Å². The minimum atomic E-state index is -3.69. The normalized spacial score (nSPS) is 17.4. The van der Waals surface area contributed by atoms with Crippen molar-refractivity contribution in [1.82, 2.24) is 4.31 Å². The van der Waals surface area contributed by atoms with Crippen molar-refractivity contribution in [3.63, 3.8) is 0 Å². The highest BCUT2D eigenvalue weighted by atomic mass is 32.2. The summed E-state index contributed by atoms with van der Waals surface area (Å²) in [7, 11) is -3.69. The van der Waals surface area contributed by atoms with Crippen molar-refractivity contribution in [3.05, 3.63) is 72.3 Å². The number of rotatable bonds is 4. The summed E-state index contributed by atoms with van der Waals surface area (Å²) in [5.41, 5.74) is 0.991. The summed E-state index contributed by atoms with van der Waals surface area (Å²) in [6.07, 6.45) is 1.23. The molecule has 1 amide bonds. The third-order valence-corrected chi connectivity index (χ3v) is 7.23. The molecule has 6 nitrogen and oxygen atoms in total. The van der Waals surface area contributed by atoms with E-state index in [4.69, 9.17) is 5.26 Å². The van der Waals surface area contributed by atoms with Crippen molar-refractivity contribution in [2.24, 2.45) is 5.92 Å². The molecule has 0 radical (unpaired) electrons. The molecule has 1 aliphatic heterocycles. The Balaban J connectivity index is 1.52. The minimum Gasteiger partial charge on any atom is -0.326 e. The van der Waals surface area contributed by atoms with E-state index < -0.39 is 15.9 Å². The Hall–Kier alpha value is -3.21. The topological polar surface area (TPSA) is 90.3 Å². The molecule has 1 heterocycles. The van der Waals surface area contributed by atoms with Gasteiger partial charge in [0.15, 0.2) is 0 Å². The number of amides is 1. The lowest BCUT2D eigenvalue weighted by molar-refractivity contribution is -0.120. The monoisotopic (exact) mass is 419 g/mol. The first-order valence-corrected chi connectivity index (χ1v) is 11.2. The number of nitrogens with one attached hydrogen (secondary N) is 1. The third kappa shape index (κ3) is 4.06. The molecule has 3 aromatic rings. The fourth-order valence-corrected chi connectivity index (χ4v) is 5.32. The molecule has 0 spiro atoms. The second kappa shape index (κ2) is 8.27. The lowest BCUT2D eigenvalue weighted by Gasteiger charge is -2.31. The SMILES string of the molecule is N#Cc1cccc(NC(=O)C2CCCN(S(=O)(=O)c3ccc4ccccc4c3)C2)c1. The molecule has 4 rings (SSSR count). The third-order valence-electron chi connectivity index (χ3n) is 5.37. The number of anilines is 1. The van der Waals surface area contributed by atoms with Crippen LogP contribution in [0.4, 0.5) is 5.69 Å². The summed E-state index contributed by atoms with van der Waals surface area (Å²) in [6.45, 7) is 0.530. The number of hydrogen-bond donors (Lipinski definition) is 1. The number of hydrogen-bond acceptors (Lipinski definition) is 4. The average molecular weight is 420 g/mol. The molecule has 0 aromatic heterocycles. The molecule has 7 heteroatoms. The molecule has 1 N–H and O–H groups in total. The van der Waals surface area contributed by atoms with Crippen LogP contribution in [-0.4, -0.2) is 31.7 Å². The van der Waals surface area contributed by atoms with E-state index in [2.05, 4.69) is 5.32 Å². The van der Waals surface area contributed by atoms with E-state index in [1.165, 1.54) is 4.31 Å². The van der Waals surface area contributed by atoms with Gasteiger partial charge in [0, 0.05) is 18.8 Å². The van der Waals surface area contributed by atoms with Crippen LogP contribution in [0.15, 0.2) is 71.6 Å².